The van der Waals surface area contributed by atoms with E-state index < -0.39 is 34.0 Å². The lowest BCUT2D eigenvalue weighted by Gasteiger charge is -2.15. The van der Waals surface area contributed by atoms with E-state index in [1.54, 1.807) is 0 Å². The second-order valence-electron chi connectivity index (χ2n) is 3.18. The van der Waals surface area contributed by atoms with Crippen molar-refractivity contribution >= 4 is 10.1 Å². The van der Waals surface area contributed by atoms with Crippen molar-refractivity contribution < 1.29 is 25.8 Å². The highest BCUT2D eigenvalue weighted by Gasteiger charge is 2.33. The molecule has 0 spiro atoms. The molecule has 7 heteroatoms. The minimum atomic E-state index is -3.93. The van der Waals surface area contributed by atoms with Gasteiger partial charge in [0.05, 0.1) is 6.26 Å². The third kappa shape index (κ3) is 3.82. The van der Waals surface area contributed by atoms with Crippen molar-refractivity contribution in [2.45, 2.75) is 5.92 Å². The minimum absolute atomic E-state index is 0.502. The zero-order valence-electron chi connectivity index (χ0n) is 8.28. The van der Waals surface area contributed by atoms with Gasteiger partial charge in [0.15, 0.2) is 0 Å². The van der Waals surface area contributed by atoms with Crippen LogP contribution in [-0.4, -0.2) is 21.3 Å². The van der Waals surface area contributed by atoms with Gasteiger partial charge in [0.2, 0.25) is 0 Å². The van der Waals surface area contributed by atoms with Crippen molar-refractivity contribution in [1.29, 1.82) is 0 Å². The second kappa shape index (κ2) is 4.42. The molecule has 0 saturated carbocycles. The lowest BCUT2D eigenvalue weighted by molar-refractivity contribution is -0.0448. The Bertz CT molecular complexity index is 453. The highest BCUT2D eigenvalue weighted by molar-refractivity contribution is 7.85. The molecule has 1 aromatic carbocycles. The molecule has 0 radical (unpaired) electrons. The fraction of sp³-hybridized carbons (Fsp3) is 0.333. The SMILES string of the molecule is CS(=O)(=O)OCC(F)(F)c1ccc(F)cc1. The molecule has 0 unspecified atom stereocenters. The van der Waals surface area contributed by atoms with E-state index in [-0.39, 0.29) is 0 Å². The van der Waals surface area contributed by atoms with Crippen molar-refractivity contribution in [1.82, 2.24) is 0 Å². The summed E-state index contributed by atoms with van der Waals surface area (Å²) < 4.78 is 64.2. The first-order valence-corrected chi connectivity index (χ1v) is 6.01. The van der Waals surface area contributed by atoms with Crippen molar-refractivity contribution in [2.24, 2.45) is 0 Å². The average Bonchev–Trinajstić information content (AvgIpc) is 2.15. The molecular formula is C9H9F3O3S. The summed E-state index contributed by atoms with van der Waals surface area (Å²) in [6.07, 6.45) is 0.674. The van der Waals surface area contributed by atoms with Crippen molar-refractivity contribution in [3.8, 4) is 0 Å². The van der Waals surface area contributed by atoms with Crippen molar-refractivity contribution in [3.05, 3.63) is 35.6 Å². The van der Waals surface area contributed by atoms with Crippen molar-refractivity contribution in [2.75, 3.05) is 12.9 Å². The number of halogens is 3. The fourth-order valence-corrected chi connectivity index (χ4v) is 1.32. The average molecular weight is 254 g/mol. The molecule has 16 heavy (non-hydrogen) atoms. The van der Waals surface area contributed by atoms with E-state index in [1.807, 2.05) is 0 Å². The molecule has 1 rings (SSSR count). The van der Waals surface area contributed by atoms with Gasteiger partial charge < -0.3 is 0 Å². The van der Waals surface area contributed by atoms with E-state index in [4.69, 9.17) is 0 Å². The van der Waals surface area contributed by atoms with Crippen LogP contribution in [0.3, 0.4) is 0 Å². The van der Waals surface area contributed by atoms with Gasteiger partial charge in [-0.3, -0.25) is 4.18 Å². The number of hydrogen-bond acceptors (Lipinski definition) is 3. The number of benzene rings is 1. The Morgan fingerprint density at radius 1 is 1.25 bits per heavy atom. The van der Waals surface area contributed by atoms with Crippen LogP contribution in [0.25, 0.3) is 0 Å². The third-order valence-electron chi connectivity index (χ3n) is 1.72. The molecule has 0 N–H and O–H groups in total. The minimum Gasteiger partial charge on any atom is -0.264 e. The van der Waals surface area contributed by atoms with Gasteiger partial charge in [-0.05, 0) is 12.1 Å². The summed E-state index contributed by atoms with van der Waals surface area (Å²) in [7, 11) is -3.93. The predicted octanol–water partition coefficient (Wildman–Crippen LogP) is 1.89. The molecule has 0 aliphatic heterocycles. The van der Waals surface area contributed by atoms with Gasteiger partial charge in [0.25, 0.3) is 16.0 Å². The van der Waals surface area contributed by atoms with E-state index in [2.05, 4.69) is 4.18 Å². The van der Waals surface area contributed by atoms with E-state index in [9.17, 15) is 21.6 Å². The maximum Gasteiger partial charge on any atom is 0.297 e. The highest BCUT2D eigenvalue weighted by atomic mass is 32.2. The van der Waals surface area contributed by atoms with E-state index in [0.717, 1.165) is 24.3 Å². The van der Waals surface area contributed by atoms with Gasteiger partial charge in [-0.15, -0.1) is 0 Å². The van der Waals surface area contributed by atoms with E-state index >= 15 is 0 Å². The monoisotopic (exact) mass is 254 g/mol. The Balaban J connectivity index is 2.81. The Labute approximate surface area is 91.0 Å². The van der Waals surface area contributed by atoms with E-state index in [1.165, 1.54) is 0 Å². The summed E-state index contributed by atoms with van der Waals surface area (Å²) in [6.45, 7) is -1.29. The molecule has 0 fully saturated rings. The fourth-order valence-electron chi connectivity index (χ4n) is 0.958. The maximum atomic E-state index is 13.3. The summed E-state index contributed by atoms with van der Waals surface area (Å²) in [4.78, 5) is 0. The molecular weight excluding hydrogens is 245 g/mol. The molecule has 1 aromatic rings. The highest BCUT2D eigenvalue weighted by Crippen LogP contribution is 2.28. The Kier molecular flexibility index (Phi) is 3.59. The van der Waals surface area contributed by atoms with Gasteiger partial charge in [-0.1, -0.05) is 12.1 Å². The molecule has 0 aromatic heterocycles. The van der Waals surface area contributed by atoms with E-state index in [0.29, 0.717) is 6.26 Å². The number of alkyl halides is 2. The summed E-state index contributed by atoms with van der Waals surface area (Å²) in [6, 6.07) is 3.48. The summed E-state index contributed by atoms with van der Waals surface area (Å²) in [5.41, 5.74) is -0.502. The lowest BCUT2D eigenvalue weighted by atomic mass is 10.1. The molecule has 0 saturated heterocycles. The lowest BCUT2D eigenvalue weighted by Crippen LogP contribution is -2.23. The summed E-state index contributed by atoms with van der Waals surface area (Å²) in [5, 5.41) is 0. The number of rotatable bonds is 4. The summed E-state index contributed by atoms with van der Waals surface area (Å²) >= 11 is 0. The molecule has 90 valence electrons. The Morgan fingerprint density at radius 2 is 1.75 bits per heavy atom. The van der Waals surface area contributed by atoms with Gasteiger partial charge >= 0.3 is 0 Å². The summed E-state index contributed by atoms with van der Waals surface area (Å²) in [5.74, 6) is -4.12. The standard InChI is InChI=1S/C9H9F3O3S/c1-16(13,14)15-6-9(11,12)7-2-4-8(10)5-3-7/h2-5H,6H2,1H3. The maximum absolute atomic E-state index is 13.3. The molecule has 0 heterocycles. The van der Waals surface area contributed by atoms with Crippen LogP contribution in [0, 0.1) is 5.82 Å². The van der Waals surface area contributed by atoms with Crippen LogP contribution in [0.2, 0.25) is 0 Å². The van der Waals surface area contributed by atoms with Crippen molar-refractivity contribution in [3.63, 3.8) is 0 Å². The topological polar surface area (TPSA) is 43.4 Å². The zero-order chi connectivity index (χ0) is 12.4. The van der Waals surface area contributed by atoms with Crippen LogP contribution in [0.4, 0.5) is 13.2 Å². The van der Waals surface area contributed by atoms with Gasteiger partial charge in [-0.2, -0.15) is 17.2 Å². The quantitative estimate of drug-likeness (QED) is 0.771. The van der Waals surface area contributed by atoms with Crippen LogP contribution in [-0.2, 0) is 20.2 Å². The third-order valence-corrected chi connectivity index (χ3v) is 2.27. The zero-order valence-corrected chi connectivity index (χ0v) is 9.10. The van der Waals surface area contributed by atoms with Crippen LogP contribution < -0.4 is 0 Å². The van der Waals surface area contributed by atoms with Crippen LogP contribution >= 0.6 is 0 Å². The van der Waals surface area contributed by atoms with Gasteiger partial charge in [-0.25, -0.2) is 4.39 Å². The van der Waals surface area contributed by atoms with Gasteiger partial charge in [0, 0.05) is 5.56 Å². The normalized spacial score (nSPS) is 12.8. The molecule has 0 atom stereocenters. The Hall–Kier alpha value is -1.08. The van der Waals surface area contributed by atoms with Crippen LogP contribution in [0.15, 0.2) is 24.3 Å². The first-order valence-electron chi connectivity index (χ1n) is 4.19. The molecule has 0 aliphatic carbocycles. The second-order valence-corrected chi connectivity index (χ2v) is 4.82. The molecule has 0 amide bonds. The molecule has 0 aliphatic rings. The first kappa shape index (κ1) is 13.0. The Morgan fingerprint density at radius 3 is 2.19 bits per heavy atom. The smallest absolute Gasteiger partial charge is 0.264 e. The predicted molar refractivity (Wildman–Crippen MR) is 51.1 cm³/mol. The largest absolute Gasteiger partial charge is 0.297 e. The van der Waals surface area contributed by atoms with Gasteiger partial charge in [0.1, 0.15) is 12.4 Å². The van der Waals surface area contributed by atoms with Crippen LogP contribution in [0.5, 0.6) is 0 Å². The number of hydrogen-bond donors (Lipinski definition) is 0. The molecule has 3 nitrogen and oxygen atoms in total. The molecule has 0 bridgehead atoms. The van der Waals surface area contributed by atoms with Crippen LogP contribution in [0.1, 0.15) is 5.56 Å². The first-order chi connectivity index (χ1) is 7.21.